The van der Waals surface area contributed by atoms with Gasteiger partial charge in [-0.25, -0.2) is 0 Å². The van der Waals surface area contributed by atoms with Gasteiger partial charge in [0.25, 0.3) is 0 Å². The van der Waals surface area contributed by atoms with Gasteiger partial charge in [-0.2, -0.15) is 0 Å². The molecular formula is C18H26N2O. The third kappa shape index (κ3) is 2.48. The van der Waals surface area contributed by atoms with Crippen molar-refractivity contribution in [2.24, 2.45) is 5.92 Å². The summed E-state index contributed by atoms with van der Waals surface area (Å²) in [6, 6.07) is 6.96. The molecule has 1 saturated carbocycles. The maximum Gasteiger partial charge on any atom is 0.234 e. The van der Waals surface area contributed by atoms with E-state index >= 15 is 0 Å². The molecule has 21 heavy (non-hydrogen) atoms. The first-order chi connectivity index (χ1) is 10.0. The maximum atomic E-state index is 12.1. The van der Waals surface area contributed by atoms with Crippen LogP contribution in [0, 0.1) is 5.92 Å². The average Bonchev–Trinajstić information content (AvgIpc) is 2.63. The van der Waals surface area contributed by atoms with E-state index < -0.39 is 5.41 Å². The fourth-order valence-electron chi connectivity index (χ4n) is 3.41. The molecule has 1 atom stereocenters. The van der Waals surface area contributed by atoms with Gasteiger partial charge in [-0.05, 0) is 62.8 Å². The Morgan fingerprint density at radius 3 is 2.76 bits per heavy atom. The molecule has 1 aliphatic heterocycles. The van der Waals surface area contributed by atoms with Crippen LogP contribution in [0.1, 0.15) is 63.6 Å². The lowest BCUT2D eigenvalue weighted by Crippen LogP contribution is -2.33. The summed E-state index contributed by atoms with van der Waals surface area (Å²) < 4.78 is 0. The molecule has 2 aliphatic rings. The molecule has 0 radical (unpaired) electrons. The van der Waals surface area contributed by atoms with E-state index in [9.17, 15) is 4.79 Å². The largest absolute Gasteiger partial charge is 0.325 e. The molecule has 0 spiro atoms. The molecule has 3 rings (SSSR count). The van der Waals surface area contributed by atoms with Gasteiger partial charge in [0.05, 0.1) is 5.41 Å². The molecule has 1 aromatic rings. The van der Waals surface area contributed by atoms with E-state index in [0.717, 1.165) is 30.1 Å². The first-order valence-electron chi connectivity index (χ1n) is 8.23. The summed E-state index contributed by atoms with van der Waals surface area (Å²) in [6.45, 7) is 7.28. The van der Waals surface area contributed by atoms with Gasteiger partial charge < -0.3 is 10.6 Å². The molecule has 0 bridgehead atoms. The number of hydrogen-bond donors (Lipinski definition) is 2. The molecule has 114 valence electrons. The van der Waals surface area contributed by atoms with Crippen molar-refractivity contribution in [3.63, 3.8) is 0 Å². The molecule has 1 aliphatic carbocycles. The summed E-state index contributed by atoms with van der Waals surface area (Å²) in [7, 11) is 0. The molecule has 1 amide bonds. The van der Waals surface area contributed by atoms with Crippen LogP contribution in [0.3, 0.4) is 0 Å². The zero-order valence-electron chi connectivity index (χ0n) is 13.3. The SMILES string of the molecule is CCCNC(c1ccc2c(c1)C(C)(C)C(=O)N2)C1CCC1. The van der Waals surface area contributed by atoms with E-state index in [1.54, 1.807) is 0 Å². The van der Waals surface area contributed by atoms with Crippen molar-refractivity contribution in [1.82, 2.24) is 5.32 Å². The van der Waals surface area contributed by atoms with Crippen LogP contribution in [-0.4, -0.2) is 12.5 Å². The van der Waals surface area contributed by atoms with E-state index in [-0.39, 0.29) is 5.91 Å². The number of rotatable bonds is 5. The third-order valence-electron chi connectivity index (χ3n) is 5.13. The molecule has 0 saturated heterocycles. The van der Waals surface area contributed by atoms with Crippen LogP contribution in [0.5, 0.6) is 0 Å². The number of amides is 1. The van der Waals surface area contributed by atoms with Crippen molar-refractivity contribution in [3.8, 4) is 0 Å². The number of nitrogens with one attached hydrogen (secondary N) is 2. The van der Waals surface area contributed by atoms with Gasteiger partial charge in [0.1, 0.15) is 0 Å². The minimum absolute atomic E-state index is 0.108. The second-order valence-electron chi connectivity index (χ2n) is 7.01. The Morgan fingerprint density at radius 1 is 1.38 bits per heavy atom. The van der Waals surface area contributed by atoms with E-state index in [1.807, 2.05) is 13.8 Å². The fourth-order valence-corrected chi connectivity index (χ4v) is 3.41. The Hall–Kier alpha value is -1.35. The Kier molecular flexibility index (Phi) is 3.78. The summed E-state index contributed by atoms with van der Waals surface area (Å²) >= 11 is 0. The number of fused-ring (bicyclic) bond motifs is 1. The minimum atomic E-state index is -0.416. The van der Waals surface area contributed by atoms with Crippen LogP contribution in [-0.2, 0) is 10.2 Å². The number of benzene rings is 1. The molecular weight excluding hydrogens is 260 g/mol. The molecule has 1 aromatic carbocycles. The van der Waals surface area contributed by atoms with Crippen molar-refractivity contribution < 1.29 is 4.79 Å². The molecule has 3 nitrogen and oxygen atoms in total. The maximum absolute atomic E-state index is 12.1. The second kappa shape index (κ2) is 5.45. The van der Waals surface area contributed by atoms with Gasteiger partial charge in [-0.1, -0.05) is 25.5 Å². The topological polar surface area (TPSA) is 41.1 Å². The first kappa shape index (κ1) is 14.6. The Bertz CT molecular complexity index is 546. The van der Waals surface area contributed by atoms with Crippen molar-refractivity contribution >= 4 is 11.6 Å². The molecule has 2 N–H and O–H groups in total. The van der Waals surface area contributed by atoms with Crippen molar-refractivity contribution in [2.75, 3.05) is 11.9 Å². The van der Waals surface area contributed by atoms with E-state index in [2.05, 4.69) is 35.8 Å². The number of carbonyl (C=O) groups excluding carboxylic acids is 1. The molecule has 1 fully saturated rings. The van der Waals surface area contributed by atoms with Crippen LogP contribution in [0.2, 0.25) is 0 Å². The van der Waals surface area contributed by atoms with Crippen molar-refractivity contribution in [2.45, 2.75) is 57.9 Å². The predicted molar refractivity (Wildman–Crippen MR) is 86.5 cm³/mol. The lowest BCUT2D eigenvalue weighted by Gasteiger charge is -2.35. The first-order valence-corrected chi connectivity index (χ1v) is 8.23. The van der Waals surface area contributed by atoms with Gasteiger partial charge in [0.15, 0.2) is 0 Å². The van der Waals surface area contributed by atoms with E-state index in [4.69, 9.17) is 0 Å². The van der Waals surface area contributed by atoms with E-state index in [1.165, 1.54) is 24.8 Å². The highest BCUT2D eigenvalue weighted by Crippen LogP contribution is 2.42. The Morgan fingerprint density at radius 2 is 2.14 bits per heavy atom. The number of carbonyl (C=O) groups is 1. The molecule has 1 unspecified atom stereocenters. The lowest BCUT2D eigenvalue weighted by molar-refractivity contribution is -0.119. The smallest absolute Gasteiger partial charge is 0.234 e. The second-order valence-corrected chi connectivity index (χ2v) is 7.01. The van der Waals surface area contributed by atoms with Gasteiger partial charge in [-0.3, -0.25) is 4.79 Å². The summed E-state index contributed by atoms with van der Waals surface area (Å²) in [4.78, 5) is 12.1. The highest BCUT2D eigenvalue weighted by Gasteiger charge is 2.39. The average molecular weight is 286 g/mol. The summed E-state index contributed by atoms with van der Waals surface area (Å²) in [5, 5.41) is 6.71. The fraction of sp³-hybridized carbons (Fsp3) is 0.611. The predicted octanol–water partition coefficient (Wildman–Crippen LogP) is 3.76. The highest BCUT2D eigenvalue weighted by molar-refractivity contribution is 6.05. The number of hydrogen-bond acceptors (Lipinski definition) is 2. The Balaban J connectivity index is 1.91. The summed E-state index contributed by atoms with van der Waals surface area (Å²) in [5.74, 6) is 0.860. The summed E-state index contributed by atoms with van der Waals surface area (Å²) in [5.41, 5.74) is 3.06. The number of anilines is 1. The van der Waals surface area contributed by atoms with Crippen LogP contribution < -0.4 is 10.6 Å². The normalized spacial score (nSPS) is 21.6. The zero-order chi connectivity index (χ0) is 15.0. The minimum Gasteiger partial charge on any atom is -0.325 e. The van der Waals surface area contributed by atoms with E-state index in [0.29, 0.717) is 6.04 Å². The van der Waals surface area contributed by atoms with Crippen molar-refractivity contribution in [3.05, 3.63) is 29.3 Å². The van der Waals surface area contributed by atoms with Crippen molar-refractivity contribution in [1.29, 1.82) is 0 Å². The monoisotopic (exact) mass is 286 g/mol. The zero-order valence-corrected chi connectivity index (χ0v) is 13.3. The van der Waals surface area contributed by atoms with Crippen LogP contribution in [0.25, 0.3) is 0 Å². The van der Waals surface area contributed by atoms with Gasteiger partial charge in [-0.15, -0.1) is 0 Å². The molecule has 1 heterocycles. The van der Waals surface area contributed by atoms with Gasteiger partial charge >= 0.3 is 0 Å². The standard InChI is InChI=1S/C18H26N2O/c1-4-10-19-16(12-6-5-7-12)13-8-9-15-14(11-13)18(2,3)17(21)20-15/h8-9,11-12,16,19H,4-7,10H2,1-3H3,(H,20,21). The molecule has 3 heteroatoms. The lowest BCUT2D eigenvalue weighted by atomic mass is 9.76. The molecule has 0 aromatic heterocycles. The summed E-state index contributed by atoms with van der Waals surface area (Å²) in [6.07, 6.45) is 5.14. The van der Waals surface area contributed by atoms with Gasteiger partial charge in [0.2, 0.25) is 5.91 Å². The third-order valence-corrected chi connectivity index (χ3v) is 5.13. The van der Waals surface area contributed by atoms with Crippen LogP contribution >= 0.6 is 0 Å². The Labute approximate surface area is 127 Å². The van der Waals surface area contributed by atoms with Gasteiger partial charge in [0, 0.05) is 11.7 Å². The quantitative estimate of drug-likeness (QED) is 0.865. The highest BCUT2D eigenvalue weighted by atomic mass is 16.2. The van der Waals surface area contributed by atoms with Crippen LogP contribution in [0.4, 0.5) is 5.69 Å². The van der Waals surface area contributed by atoms with Crippen LogP contribution in [0.15, 0.2) is 18.2 Å².